The van der Waals surface area contributed by atoms with Crippen molar-refractivity contribution in [1.82, 2.24) is 5.32 Å². The van der Waals surface area contributed by atoms with Crippen molar-refractivity contribution in [3.63, 3.8) is 0 Å². The van der Waals surface area contributed by atoms with Gasteiger partial charge in [0.2, 0.25) is 18.1 Å². The van der Waals surface area contributed by atoms with Crippen molar-refractivity contribution in [3.05, 3.63) is 29.3 Å². The molecular formula is C19H24BF2NO8. The fourth-order valence-corrected chi connectivity index (χ4v) is 2.85. The zero-order chi connectivity index (χ0) is 23.2. The monoisotopic (exact) mass is 443 g/mol. The maximum absolute atomic E-state index is 12.9. The second-order valence-electron chi connectivity index (χ2n) is 7.02. The number of carbonyl (C=O) groups excluding carboxylic acids is 3. The van der Waals surface area contributed by atoms with Crippen molar-refractivity contribution in [2.45, 2.75) is 58.2 Å². The molecule has 0 radical (unpaired) electrons. The molecule has 170 valence electrons. The molecule has 0 spiro atoms. The first-order valence-corrected chi connectivity index (χ1v) is 9.68. The van der Waals surface area contributed by atoms with Crippen LogP contribution >= 0.6 is 0 Å². The van der Waals surface area contributed by atoms with Crippen molar-refractivity contribution >= 4 is 25.2 Å². The van der Waals surface area contributed by atoms with Crippen LogP contribution in [0.5, 0.6) is 5.75 Å². The second-order valence-corrected chi connectivity index (χ2v) is 7.02. The zero-order valence-corrected chi connectivity index (χ0v) is 17.4. The summed E-state index contributed by atoms with van der Waals surface area (Å²) in [4.78, 5) is 35.7. The summed E-state index contributed by atoms with van der Waals surface area (Å²) in [5, 5.41) is 12.7. The normalized spacial score (nSPS) is 16.5. The van der Waals surface area contributed by atoms with E-state index < -0.39 is 56.1 Å². The second kappa shape index (κ2) is 10.4. The van der Waals surface area contributed by atoms with Gasteiger partial charge in [-0.3, -0.25) is 4.79 Å². The van der Waals surface area contributed by atoms with Crippen LogP contribution < -0.4 is 9.97 Å². The van der Waals surface area contributed by atoms with Gasteiger partial charge in [-0.05, 0) is 31.9 Å². The number of benzene rings is 1. The van der Waals surface area contributed by atoms with E-state index in [0.717, 1.165) is 0 Å². The van der Waals surface area contributed by atoms with Crippen LogP contribution in [0, 0.1) is 0 Å². The molecule has 0 fully saturated rings. The van der Waals surface area contributed by atoms with Crippen LogP contribution in [0.4, 0.5) is 13.6 Å². The quantitative estimate of drug-likeness (QED) is 0.357. The third-order valence-corrected chi connectivity index (χ3v) is 4.27. The Labute approximate surface area is 178 Å². The summed E-state index contributed by atoms with van der Waals surface area (Å²) in [5.74, 6) is -5.34. The number of fused-ring (bicyclic) bond motifs is 1. The van der Waals surface area contributed by atoms with Gasteiger partial charge in [-0.15, -0.1) is 0 Å². The first kappa shape index (κ1) is 24.4. The van der Waals surface area contributed by atoms with E-state index in [9.17, 15) is 28.2 Å². The number of nitrogens with one attached hydrogen (secondary N) is 1. The summed E-state index contributed by atoms with van der Waals surface area (Å²) in [6.45, 7) is 3.72. The molecule has 0 bridgehead atoms. The molecule has 2 N–H and O–H groups in total. The van der Waals surface area contributed by atoms with Gasteiger partial charge in [-0.2, -0.15) is 0 Å². The van der Waals surface area contributed by atoms with E-state index in [-0.39, 0.29) is 24.3 Å². The fourth-order valence-electron chi connectivity index (χ4n) is 2.85. The predicted octanol–water partition coefficient (Wildman–Crippen LogP) is 2.24. The molecule has 1 unspecified atom stereocenters. The van der Waals surface area contributed by atoms with Gasteiger partial charge in [0.15, 0.2) is 0 Å². The van der Waals surface area contributed by atoms with E-state index in [1.807, 2.05) is 0 Å². The molecule has 1 amide bonds. The minimum atomic E-state index is -2.98. The molecule has 2 atom stereocenters. The molecule has 1 aliphatic heterocycles. The third kappa shape index (κ3) is 7.39. The minimum Gasteiger partial charge on any atom is -0.534 e. The van der Waals surface area contributed by atoms with Crippen molar-refractivity contribution in [1.29, 1.82) is 0 Å². The summed E-state index contributed by atoms with van der Waals surface area (Å²) >= 11 is 0. The smallest absolute Gasteiger partial charge is 0.534 e. The Morgan fingerprint density at radius 1 is 1.35 bits per heavy atom. The van der Waals surface area contributed by atoms with Crippen LogP contribution in [0.15, 0.2) is 18.2 Å². The van der Waals surface area contributed by atoms with E-state index in [0.29, 0.717) is 12.5 Å². The third-order valence-electron chi connectivity index (χ3n) is 4.27. The topological polar surface area (TPSA) is 120 Å². The lowest BCUT2D eigenvalue weighted by atomic mass is 9.72. The number of ether oxygens (including phenoxy) is 3. The van der Waals surface area contributed by atoms with Crippen molar-refractivity contribution in [2.24, 2.45) is 0 Å². The van der Waals surface area contributed by atoms with Crippen LogP contribution in [-0.4, -0.2) is 54.9 Å². The van der Waals surface area contributed by atoms with Gasteiger partial charge < -0.3 is 29.2 Å². The first-order valence-electron chi connectivity index (χ1n) is 9.68. The molecule has 1 heterocycles. The van der Waals surface area contributed by atoms with Gasteiger partial charge in [0.05, 0.1) is 12.5 Å². The summed E-state index contributed by atoms with van der Waals surface area (Å²) in [5.41, 5.74) is 0.469. The van der Waals surface area contributed by atoms with Crippen molar-refractivity contribution in [2.75, 3.05) is 6.61 Å². The molecule has 0 saturated carbocycles. The molecule has 9 nitrogen and oxygen atoms in total. The van der Waals surface area contributed by atoms with E-state index in [4.69, 9.17) is 14.1 Å². The molecule has 12 heteroatoms. The summed E-state index contributed by atoms with van der Waals surface area (Å²) in [7, 11) is -1.51. The number of halogens is 2. The summed E-state index contributed by atoms with van der Waals surface area (Å²) in [6.07, 6.45) is -3.17. The number of hydrogen-bond donors (Lipinski definition) is 2. The SMILES string of the molecule is CCOC(=O)OC(C)OC(=O)c1cccc2c1OB(O)[C@@H](NC(=O)CCC(C)(F)F)C2. The van der Waals surface area contributed by atoms with Crippen LogP contribution in [-0.2, 0) is 25.4 Å². The largest absolute Gasteiger partial charge is 0.547 e. The van der Waals surface area contributed by atoms with Crippen molar-refractivity contribution < 1.29 is 47.1 Å². The molecule has 1 aromatic rings. The molecule has 1 aromatic carbocycles. The highest BCUT2D eigenvalue weighted by Gasteiger charge is 2.38. The number of para-hydroxylation sites is 1. The molecule has 1 aliphatic rings. The van der Waals surface area contributed by atoms with Gasteiger partial charge in [0.1, 0.15) is 11.3 Å². The molecule has 31 heavy (non-hydrogen) atoms. The number of alkyl halides is 2. The highest BCUT2D eigenvalue weighted by Crippen LogP contribution is 2.31. The average Bonchev–Trinajstić information content (AvgIpc) is 2.66. The van der Waals surface area contributed by atoms with E-state index in [2.05, 4.69) is 10.1 Å². The summed E-state index contributed by atoms with van der Waals surface area (Å²) < 4.78 is 45.6. The first-order chi connectivity index (χ1) is 14.5. The maximum Gasteiger partial charge on any atom is 0.547 e. The highest BCUT2D eigenvalue weighted by atomic mass is 19.3. The lowest BCUT2D eigenvalue weighted by Gasteiger charge is -2.29. The van der Waals surface area contributed by atoms with Crippen LogP contribution in [0.2, 0.25) is 0 Å². The Hall–Kier alpha value is -2.89. The maximum atomic E-state index is 12.9. The molecule has 0 aliphatic carbocycles. The van der Waals surface area contributed by atoms with Gasteiger partial charge in [0.25, 0.3) is 0 Å². The lowest BCUT2D eigenvalue weighted by molar-refractivity contribution is -0.123. The van der Waals surface area contributed by atoms with Gasteiger partial charge in [0, 0.05) is 19.8 Å². The van der Waals surface area contributed by atoms with Crippen LogP contribution in [0.3, 0.4) is 0 Å². The Kier molecular flexibility index (Phi) is 8.20. The Bertz CT molecular complexity index is 817. The average molecular weight is 443 g/mol. The summed E-state index contributed by atoms with van der Waals surface area (Å²) in [6, 6.07) is 4.56. The van der Waals surface area contributed by atoms with E-state index >= 15 is 0 Å². The number of amides is 1. The molecular weight excluding hydrogens is 419 g/mol. The van der Waals surface area contributed by atoms with Gasteiger partial charge >= 0.3 is 19.2 Å². The number of hydrogen-bond acceptors (Lipinski definition) is 8. The van der Waals surface area contributed by atoms with Crippen LogP contribution in [0.1, 0.15) is 49.5 Å². The number of carbonyl (C=O) groups is 3. The van der Waals surface area contributed by atoms with Crippen molar-refractivity contribution in [3.8, 4) is 5.75 Å². The standard InChI is InChI=1S/C19H24BF2NO8/c1-4-28-18(26)30-11(2)29-17(25)13-7-5-6-12-10-14(20(27)31-16(12)13)23-15(24)8-9-19(3,21)22/h5-7,11,14,27H,4,8-10H2,1-3H3,(H,23,24)/t11?,14-/m0/s1. The van der Waals surface area contributed by atoms with Crippen LogP contribution in [0.25, 0.3) is 0 Å². The van der Waals surface area contributed by atoms with Gasteiger partial charge in [-0.25, -0.2) is 18.4 Å². The zero-order valence-electron chi connectivity index (χ0n) is 17.4. The highest BCUT2D eigenvalue weighted by molar-refractivity contribution is 6.47. The Balaban J connectivity index is 2.03. The number of rotatable bonds is 8. The predicted molar refractivity (Wildman–Crippen MR) is 104 cm³/mol. The van der Waals surface area contributed by atoms with E-state index in [1.54, 1.807) is 19.1 Å². The van der Waals surface area contributed by atoms with Gasteiger partial charge in [-0.1, -0.05) is 12.1 Å². The Morgan fingerprint density at radius 3 is 2.71 bits per heavy atom. The fraction of sp³-hybridized carbons (Fsp3) is 0.526. The molecule has 0 saturated heterocycles. The number of esters is 1. The molecule has 0 aromatic heterocycles. The minimum absolute atomic E-state index is 0.0220. The van der Waals surface area contributed by atoms with E-state index in [1.165, 1.54) is 13.0 Å². The lowest BCUT2D eigenvalue weighted by Crippen LogP contribution is -2.53. The Morgan fingerprint density at radius 2 is 2.06 bits per heavy atom. The molecule has 2 rings (SSSR count).